The maximum atomic E-state index is 13.5. The smallest absolute Gasteiger partial charge is 0.258 e. The lowest BCUT2D eigenvalue weighted by Gasteiger charge is -2.38. The average Bonchev–Trinajstić information content (AvgIpc) is 2.81. The summed E-state index contributed by atoms with van der Waals surface area (Å²) >= 11 is 0. The molecule has 2 N–H and O–H groups in total. The Hall–Kier alpha value is -2.95. The van der Waals surface area contributed by atoms with Crippen molar-refractivity contribution in [1.29, 1.82) is 0 Å². The normalized spacial score (nSPS) is 19.4. The first-order chi connectivity index (χ1) is 16.5. The van der Waals surface area contributed by atoms with Crippen molar-refractivity contribution in [2.45, 2.75) is 32.4 Å². The number of fused-ring (bicyclic) bond motifs is 1. The van der Waals surface area contributed by atoms with Gasteiger partial charge < -0.3 is 20.1 Å². The summed E-state index contributed by atoms with van der Waals surface area (Å²) in [6, 6.07) is 13.7. The maximum Gasteiger partial charge on any atom is 0.258 e. The van der Waals surface area contributed by atoms with E-state index >= 15 is 0 Å². The van der Waals surface area contributed by atoms with Crippen LogP contribution in [0.4, 0.5) is 5.69 Å². The van der Waals surface area contributed by atoms with Gasteiger partial charge in [-0.25, -0.2) is 12.7 Å². The number of nitrogens with one attached hydrogen (secondary N) is 1. The molecule has 10 heteroatoms. The quantitative estimate of drug-likeness (QED) is 0.569. The van der Waals surface area contributed by atoms with Crippen LogP contribution in [0.1, 0.15) is 29.8 Å². The minimum atomic E-state index is -3.43. The van der Waals surface area contributed by atoms with Crippen LogP contribution in [-0.2, 0) is 21.2 Å². The Balaban J connectivity index is 1.91. The topological polar surface area (TPSA) is 116 Å². The molecular weight excluding hydrogens is 470 g/mol. The Morgan fingerprint density at radius 2 is 1.94 bits per heavy atom. The molecule has 0 aromatic heterocycles. The molecule has 0 aliphatic carbocycles. The van der Waals surface area contributed by atoms with E-state index in [-0.39, 0.29) is 49.4 Å². The predicted molar refractivity (Wildman–Crippen MR) is 134 cm³/mol. The Kier molecular flexibility index (Phi) is 8.52. The first kappa shape index (κ1) is 26.7. The van der Waals surface area contributed by atoms with E-state index in [2.05, 4.69) is 5.32 Å². The van der Waals surface area contributed by atoms with Crippen LogP contribution in [0.25, 0.3) is 0 Å². The average molecular weight is 504 g/mol. The molecule has 9 nitrogen and oxygen atoms in total. The number of aliphatic hydroxyl groups is 1. The van der Waals surface area contributed by atoms with Gasteiger partial charge >= 0.3 is 0 Å². The first-order valence-corrected chi connectivity index (χ1v) is 13.3. The highest BCUT2D eigenvalue weighted by Gasteiger charge is 2.34. The van der Waals surface area contributed by atoms with Crippen molar-refractivity contribution < 1.29 is 27.9 Å². The summed E-state index contributed by atoms with van der Waals surface area (Å²) in [4.78, 5) is 27.6. The summed E-state index contributed by atoms with van der Waals surface area (Å²) in [6.45, 7) is 3.78. The highest BCUT2D eigenvalue weighted by molar-refractivity contribution is 7.88. The van der Waals surface area contributed by atoms with Gasteiger partial charge in [-0.1, -0.05) is 37.3 Å². The molecule has 1 heterocycles. The maximum absolute atomic E-state index is 13.5. The minimum absolute atomic E-state index is 0.102. The van der Waals surface area contributed by atoms with E-state index in [1.807, 2.05) is 37.3 Å². The second-order valence-corrected chi connectivity index (χ2v) is 11.2. The molecule has 35 heavy (non-hydrogen) atoms. The van der Waals surface area contributed by atoms with Crippen LogP contribution < -0.4 is 10.1 Å². The number of ether oxygens (including phenoxy) is 1. The molecule has 2 aromatic carbocycles. The predicted octanol–water partition coefficient (Wildman–Crippen LogP) is 1.98. The van der Waals surface area contributed by atoms with Crippen LogP contribution in [0.2, 0.25) is 0 Å². The van der Waals surface area contributed by atoms with E-state index in [4.69, 9.17) is 4.74 Å². The summed E-state index contributed by atoms with van der Waals surface area (Å²) in [5.41, 5.74) is 1.55. The molecule has 0 bridgehead atoms. The number of anilines is 1. The molecule has 1 aliphatic rings. The van der Waals surface area contributed by atoms with Gasteiger partial charge in [0.15, 0.2) is 0 Å². The fourth-order valence-corrected chi connectivity index (χ4v) is 4.31. The number of amides is 2. The standard InChI is InChI=1S/C25H33N3O6S/c1-17-14-28(18(2)16-29)25(31)21-13-20(26-24(30)12-19-8-6-5-7-9-19)10-11-22(21)34-23(17)15-27(3)35(4,32)33/h5-11,13,17-18,23,29H,12,14-16H2,1-4H3,(H,26,30)/t17-,18+,23-/m1/s1. The number of benzene rings is 2. The highest BCUT2D eigenvalue weighted by Crippen LogP contribution is 2.31. The third-order valence-corrected chi connectivity index (χ3v) is 7.44. The molecule has 3 atom stereocenters. The third kappa shape index (κ3) is 6.81. The van der Waals surface area contributed by atoms with Gasteiger partial charge in [-0.15, -0.1) is 0 Å². The molecule has 2 amide bonds. The monoisotopic (exact) mass is 503 g/mol. The Labute approximate surface area is 206 Å². The fourth-order valence-electron chi connectivity index (χ4n) is 3.89. The van der Waals surface area contributed by atoms with Gasteiger partial charge in [0.25, 0.3) is 5.91 Å². The van der Waals surface area contributed by atoms with Crippen LogP contribution in [0.15, 0.2) is 48.5 Å². The van der Waals surface area contributed by atoms with Gasteiger partial charge in [0, 0.05) is 25.2 Å². The van der Waals surface area contributed by atoms with E-state index in [1.165, 1.54) is 11.4 Å². The zero-order valence-corrected chi connectivity index (χ0v) is 21.3. The Morgan fingerprint density at radius 1 is 1.26 bits per heavy atom. The molecule has 0 spiro atoms. The van der Waals surface area contributed by atoms with Crippen LogP contribution >= 0.6 is 0 Å². The van der Waals surface area contributed by atoms with Gasteiger partial charge in [0.2, 0.25) is 15.9 Å². The van der Waals surface area contributed by atoms with Crippen LogP contribution in [0.5, 0.6) is 5.75 Å². The lowest BCUT2D eigenvalue weighted by atomic mass is 9.99. The van der Waals surface area contributed by atoms with Crippen molar-refractivity contribution in [1.82, 2.24) is 9.21 Å². The van der Waals surface area contributed by atoms with Crippen LogP contribution in [0.3, 0.4) is 0 Å². The Morgan fingerprint density at radius 3 is 2.57 bits per heavy atom. The number of hydrogen-bond acceptors (Lipinski definition) is 6. The number of likely N-dealkylation sites (N-methyl/N-ethyl adjacent to an activating group) is 1. The molecular formula is C25H33N3O6S. The molecule has 3 rings (SSSR count). The van der Waals surface area contributed by atoms with Crippen LogP contribution in [-0.4, -0.2) is 79.7 Å². The van der Waals surface area contributed by atoms with E-state index in [1.54, 1.807) is 30.0 Å². The second kappa shape index (κ2) is 11.2. The largest absolute Gasteiger partial charge is 0.488 e. The van der Waals surface area contributed by atoms with Crippen molar-refractivity contribution in [2.75, 3.05) is 38.3 Å². The number of carbonyl (C=O) groups is 2. The molecule has 0 unspecified atom stereocenters. The van der Waals surface area contributed by atoms with E-state index in [0.29, 0.717) is 11.4 Å². The van der Waals surface area contributed by atoms with Gasteiger partial charge in [0.1, 0.15) is 11.9 Å². The van der Waals surface area contributed by atoms with Crippen molar-refractivity contribution in [3.63, 3.8) is 0 Å². The van der Waals surface area contributed by atoms with Crippen molar-refractivity contribution in [3.8, 4) is 5.75 Å². The summed E-state index contributed by atoms with van der Waals surface area (Å²) < 4.78 is 31.4. The summed E-state index contributed by atoms with van der Waals surface area (Å²) in [6.07, 6.45) is 0.782. The molecule has 0 saturated carbocycles. The van der Waals surface area contributed by atoms with Gasteiger partial charge in [-0.3, -0.25) is 9.59 Å². The molecule has 0 radical (unpaired) electrons. The third-order valence-electron chi connectivity index (χ3n) is 6.16. The van der Waals surface area contributed by atoms with Crippen molar-refractivity contribution in [2.24, 2.45) is 5.92 Å². The summed E-state index contributed by atoms with van der Waals surface area (Å²) in [7, 11) is -1.95. The zero-order valence-electron chi connectivity index (χ0n) is 20.5. The van der Waals surface area contributed by atoms with E-state index in [0.717, 1.165) is 11.8 Å². The summed E-state index contributed by atoms with van der Waals surface area (Å²) in [5, 5.41) is 12.6. The minimum Gasteiger partial charge on any atom is -0.488 e. The van der Waals surface area contributed by atoms with E-state index in [9.17, 15) is 23.1 Å². The SMILES string of the molecule is C[C@@H]1CN([C@@H](C)CO)C(=O)c2cc(NC(=O)Cc3ccccc3)ccc2O[C@@H]1CN(C)S(C)(=O)=O. The van der Waals surface area contributed by atoms with Gasteiger partial charge in [-0.05, 0) is 30.7 Å². The number of aliphatic hydroxyl groups excluding tert-OH is 1. The molecule has 0 fully saturated rings. The summed E-state index contributed by atoms with van der Waals surface area (Å²) in [5.74, 6) is -0.472. The number of hydrogen-bond donors (Lipinski definition) is 2. The van der Waals surface area contributed by atoms with Crippen LogP contribution in [0, 0.1) is 5.92 Å². The Bertz CT molecular complexity index is 1160. The molecule has 2 aromatic rings. The number of sulfonamides is 1. The van der Waals surface area contributed by atoms with Crippen molar-refractivity contribution in [3.05, 3.63) is 59.7 Å². The van der Waals surface area contributed by atoms with E-state index < -0.39 is 22.2 Å². The first-order valence-electron chi connectivity index (χ1n) is 11.5. The highest BCUT2D eigenvalue weighted by atomic mass is 32.2. The lowest BCUT2D eigenvalue weighted by molar-refractivity contribution is -0.115. The molecule has 1 aliphatic heterocycles. The zero-order chi connectivity index (χ0) is 25.8. The lowest BCUT2D eigenvalue weighted by Crippen LogP contribution is -2.50. The van der Waals surface area contributed by atoms with Gasteiger partial charge in [0.05, 0.1) is 37.4 Å². The fraction of sp³-hybridized carbons (Fsp3) is 0.440. The molecule has 190 valence electrons. The number of carbonyl (C=O) groups excluding carboxylic acids is 2. The molecule has 0 saturated heterocycles. The van der Waals surface area contributed by atoms with Crippen molar-refractivity contribution >= 4 is 27.5 Å². The van der Waals surface area contributed by atoms with Gasteiger partial charge in [-0.2, -0.15) is 0 Å². The second-order valence-electron chi connectivity index (χ2n) is 9.09. The number of rotatable bonds is 8. The number of nitrogens with zero attached hydrogens (tertiary/aromatic N) is 2.